The van der Waals surface area contributed by atoms with Gasteiger partial charge < -0.3 is 10.2 Å². The van der Waals surface area contributed by atoms with E-state index in [-0.39, 0.29) is 11.9 Å². The molecule has 0 aromatic carbocycles. The summed E-state index contributed by atoms with van der Waals surface area (Å²) in [5.41, 5.74) is 1.48. The number of amides is 1. The Kier molecular flexibility index (Phi) is 3.11. The zero-order chi connectivity index (χ0) is 12.7. The van der Waals surface area contributed by atoms with Crippen LogP contribution in [0.3, 0.4) is 0 Å². The summed E-state index contributed by atoms with van der Waals surface area (Å²) in [6.07, 6.45) is 0. The predicted molar refractivity (Wildman–Crippen MR) is 75.7 cm³/mol. The Labute approximate surface area is 114 Å². The van der Waals surface area contributed by atoms with Gasteiger partial charge in [-0.3, -0.25) is 7.91 Å². The van der Waals surface area contributed by atoms with Crippen LogP contribution in [0.4, 0.5) is 17.5 Å². The van der Waals surface area contributed by atoms with E-state index in [1.54, 1.807) is 0 Å². The van der Waals surface area contributed by atoms with Crippen LogP contribution in [0.25, 0.3) is 0 Å². The number of hydrogen-bond donors (Lipinski definition) is 1. The minimum atomic E-state index is -0.218. The predicted octanol–water partition coefficient (Wildman–Crippen LogP) is 1.35. The minimum absolute atomic E-state index is 0.0257. The Hall–Kier alpha value is -1.12. The summed E-state index contributed by atoms with van der Waals surface area (Å²) < 4.78 is 1.82. The van der Waals surface area contributed by atoms with Gasteiger partial charge >= 0.3 is 0 Å². The molecule has 17 heavy (non-hydrogen) atoms. The lowest BCUT2D eigenvalue weighted by molar-refractivity contribution is -0.117. The fourth-order valence-electron chi connectivity index (χ4n) is 1.67. The molecule has 0 unspecified atom stereocenters. The third kappa shape index (κ3) is 2.03. The van der Waals surface area contributed by atoms with Gasteiger partial charge in [0, 0.05) is 14.1 Å². The second-order valence-electron chi connectivity index (χ2n) is 4.06. The van der Waals surface area contributed by atoms with Crippen molar-refractivity contribution in [2.75, 3.05) is 27.4 Å². The number of anilines is 3. The summed E-state index contributed by atoms with van der Waals surface area (Å²) in [6, 6.07) is -0.218. The van der Waals surface area contributed by atoms with Crippen molar-refractivity contribution in [3.05, 3.63) is 5.69 Å². The summed E-state index contributed by atoms with van der Waals surface area (Å²) in [6.45, 7) is 3.72. The van der Waals surface area contributed by atoms with Crippen LogP contribution in [0.2, 0.25) is 0 Å². The lowest BCUT2D eigenvalue weighted by Gasteiger charge is -2.32. The third-order valence-corrected chi connectivity index (χ3v) is 3.31. The van der Waals surface area contributed by atoms with Crippen molar-refractivity contribution in [3.8, 4) is 0 Å². The molecule has 6 nitrogen and oxygen atoms in total. The van der Waals surface area contributed by atoms with Crippen LogP contribution in [-0.2, 0) is 4.79 Å². The molecule has 0 spiro atoms. The molecule has 2 heterocycles. The van der Waals surface area contributed by atoms with Gasteiger partial charge in [0.15, 0.2) is 5.82 Å². The number of rotatable bonds is 1. The summed E-state index contributed by atoms with van der Waals surface area (Å²) in [7, 11) is 3.75. The summed E-state index contributed by atoms with van der Waals surface area (Å²) >= 11 is 2.12. The molecule has 0 saturated heterocycles. The smallest absolute Gasteiger partial charge is 0.246 e. The molecule has 1 aromatic rings. The number of carbonyl (C=O) groups excluding carboxylic acids is 1. The van der Waals surface area contributed by atoms with Crippen LogP contribution < -0.4 is 13.3 Å². The molecule has 0 saturated carbocycles. The van der Waals surface area contributed by atoms with E-state index in [4.69, 9.17) is 0 Å². The highest BCUT2D eigenvalue weighted by molar-refractivity contribution is 14.1. The van der Waals surface area contributed by atoms with E-state index in [0.29, 0.717) is 11.6 Å². The van der Waals surface area contributed by atoms with Crippen molar-refractivity contribution in [1.29, 1.82) is 0 Å². The van der Waals surface area contributed by atoms with E-state index in [2.05, 4.69) is 38.1 Å². The molecule has 0 aliphatic carbocycles. The molecule has 0 bridgehead atoms. The van der Waals surface area contributed by atoms with Crippen molar-refractivity contribution < 1.29 is 4.79 Å². The second kappa shape index (κ2) is 4.28. The summed E-state index contributed by atoms with van der Waals surface area (Å²) in [5.74, 6) is 1.38. The van der Waals surface area contributed by atoms with Crippen molar-refractivity contribution in [3.63, 3.8) is 0 Å². The van der Waals surface area contributed by atoms with Gasteiger partial charge in [-0.05, 0) is 13.8 Å². The highest BCUT2D eigenvalue weighted by atomic mass is 127. The Morgan fingerprint density at radius 3 is 2.71 bits per heavy atom. The van der Waals surface area contributed by atoms with Gasteiger partial charge in [0.25, 0.3) is 0 Å². The number of aryl methyl sites for hydroxylation is 1. The van der Waals surface area contributed by atoms with E-state index in [1.807, 2.05) is 36.0 Å². The largest absolute Gasteiger partial charge is 0.346 e. The van der Waals surface area contributed by atoms with Crippen LogP contribution in [0.5, 0.6) is 0 Å². The Bertz CT molecular complexity index is 476. The van der Waals surface area contributed by atoms with Crippen LogP contribution in [0, 0.1) is 6.92 Å². The second-order valence-corrected chi connectivity index (χ2v) is 5.51. The minimum Gasteiger partial charge on any atom is -0.346 e. The molecule has 1 aliphatic rings. The van der Waals surface area contributed by atoms with E-state index < -0.39 is 0 Å². The molecule has 1 N–H and O–H groups in total. The van der Waals surface area contributed by atoms with Crippen LogP contribution in [0.1, 0.15) is 12.6 Å². The van der Waals surface area contributed by atoms with Crippen molar-refractivity contribution in [1.82, 2.24) is 9.97 Å². The first-order chi connectivity index (χ1) is 7.91. The topological polar surface area (TPSA) is 61.4 Å². The van der Waals surface area contributed by atoms with E-state index >= 15 is 0 Å². The number of aromatic nitrogens is 2. The normalized spacial score (nSPS) is 18.8. The molecule has 0 radical (unpaired) electrons. The van der Waals surface area contributed by atoms with Gasteiger partial charge in [-0.15, -0.1) is 0 Å². The number of fused-ring (bicyclic) bond motifs is 1. The van der Waals surface area contributed by atoms with Crippen molar-refractivity contribution in [2.45, 2.75) is 19.9 Å². The van der Waals surface area contributed by atoms with Gasteiger partial charge in [0.2, 0.25) is 11.9 Å². The first kappa shape index (κ1) is 12.3. The highest BCUT2D eigenvalue weighted by Gasteiger charge is 2.30. The number of halogens is 1. The van der Waals surface area contributed by atoms with Gasteiger partial charge in [0.05, 0.1) is 28.6 Å². The van der Waals surface area contributed by atoms with Crippen molar-refractivity contribution in [2.24, 2.45) is 0 Å². The molecule has 1 amide bonds. The van der Waals surface area contributed by atoms with Crippen molar-refractivity contribution >= 4 is 46.2 Å². The molecular formula is C10H14IN5O. The van der Waals surface area contributed by atoms with Crippen LogP contribution in [0.15, 0.2) is 0 Å². The lowest BCUT2D eigenvalue weighted by atomic mass is 10.2. The zero-order valence-corrected chi connectivity index (χ0v) is 12.3. The van der Waals surface area contributed by atoms with Crippen LogP contribution in [-0.4, -0.2) is 36.0 Å². The SMILES string of the molecule is Cc1nc(N(C)I)nc2c1NC(=O)[C@H](C)N2C. The number of hydrogen-bond acceptors (Lipinski definition) is 5. The fraction of sp³-hybridized carbons (Fsp3) is 0.500. The van der Waals surface area contributed by atoms with Gasteiger partial charge in [0.1, 0.15) is 11.7 Å². The van der Waals surface area contributed by atoms with E-state index in [0.717, 1.165) is 11.5 Å². The maximum atomic E-state index is 11.7. The summed E-state index contributed by atoms with van der Waals surface area (Å²) in [4.78, 5) is 22.4. The van der Waals surface area contributed by atoms with E-state index in [1.165, 1.54) is 0 Å². The average Bonchev–Trinajstić information content (AvgIpc) is 2.27. The highest BCUT2D eigenvalue weighted by Crippen LogP contribution is 2.32. The number of carbonyl (C=O) groups is 1. The van der Waals surface area contributed by atoms with Gasteiger partial charge in [-0.1, -0.05) is 0 Å². The lowest BCUT2D eigenvalue weighted by Crippen LogP contribution is -2.44. The molecular weight excluding hydrogens is 333 g/mol. The average molecular weight is 347 g/mol. The quantitative estimate of drug-likeness (QED) is 0.614. The summed E-state index contributed by atoms with van der Waals surface area (Å²) in [5, 5.41) is 2.85. The first-order valence-corrected chi connectivity index (χ1v) is 6.20. The third-order valence-electron chi connectivity index (χ3n) is 2.88. The van der Waals surface area contributed by atoms with Crippen LogP contribution >= 0.6 is 22.9 Å². The molecule has 0 fully saturated rings. The molecule has 92 valence electrons. The molecule has 1 aliphatic heterocycles. The molecule has 7 heteroatoms. The Morgan fingerprint density at radius 2 is 2.12 bits per heavy atom. The van der Waals surface area contributed by atoms with Gasteiger partial charge in [-0.25, -0.2) is 4.98 Å². The number of nitrogens with one attached hydrogen (secondary N) is 1. The number of nitrogens with zero attached hydrogens (tertiary/aromatic N) is 4. The maximum absolute atomic E-state index is 11.7. The number of likely N-dealkylation sites (N-methyl/N-ethyl adjacent to an activating group) is 1. The fourth-order valence-corrected chi connectivity index (χ4v) is 1.89. The monoisotopic (exact) mass is 347 g/mol. The Balaban J connectivity index is 2.57. The molecule has 1 atom stereocenters. The molecule has 1 aromatic heterocycles. The standard InChI is InChI=1S/C10H14IN5O/c1-5-7-8(14-10(12-5)16(4)11)15(3)6(2)9(17)13-7/h6H,1-4H3,(H,13,17)/t6-/m0/s1. The zero-order valence-electron chi connectivity index (χ0n) is 10.2. The Morgan fingerprint density at radius 1 is 1.47 bits per heavy atom. The van der Waals surface area contributed by atoms with Gasteiger partial charge in [-0.2, -0.15) is 4.98 Å². The maximum Gasteiger partial charge on any atom is 0.246 e. The first-order valence-electron chi connectivity index (χ1n) is 5.23. The van der Waals surface area contributed by atoms with E-state index in [9.17, 15) is 4.79 Å². The molecule has 2 rings (SSSR count).